The van der Waals surface area contributed by atoms with E-state index in [4.69, 9.17) is 0 Å². The minimum absolute atomic E-state index is 0.0131. The molecule has 1 N–H and O–H groups in total. The van der Waals surface area contributed by atoms with E-state index in [0.717, 1.165) is 28.4 Å². The number of hydrogen-bond acceptors (Lipinski definition) is 4. The van der Waals surface area contributed by atoms with Gasteiger partial charge in [-0.1, -0.05) is 0 Å². The lowest BCUT2D eigenvalue weighted by Gasteiger charge is -2.05. The Hall–Kier alpha value is -2.16. The van der Waals surface area contributed by atoms with E-state index in [1.54, 1.807) is 12.1 Å². The van der Waals surface area contributed by atoms with Crippen LogP contribution in [0.15, 0.2) is 58.8 Å². The Morgan fingerprint density at radius 1 is 0.960 bits per heavy atom. The predicted octanol–water partition coefficient (Wildman–Crippen LogP) is 3.61. The number of aromatic nitrogens is 1. The van der Waals surface area contributed by atoms with Crippen LogP contribution in [-0.4, -0.2) is 19.9 Å². The molecule has 0 aliphatic rings. The van der Waals surface area contributed by atoms with Gasteiger partial charge in [0.2, 0.25) is 10.0 Å². The number of rotatable bonds is 6. The number of nitrogens with one attached hydrogen (secondary N) is 1. The molecule has 1 heterocycles. The minimum Gasteiger partial charge on any atom is -0.241 e. The van der Waals surface area contributed by atoms with Crippen molar-refractivity contribution in [1.29, 1.82) is 0 Å². The Balaban J connectivity index is 1.61. The van der Waals surface area contributed by atoms with Gasteiger partial charge in [0.05, 0.1) is 10.6 Å². The molecule has 0 bridgehead atoms. The van der Waals surface area contributed by atoms with Crippen LogP contribution in [0.5, 0.6) is 0 Å². The van der Waals surface area contributed by atoms with Crippen molar-refractivity contribution in [3.63, 3.8) is 0 Å². The molecule has 0 saturated carbocycles. The summed E-state index contributed by atoms with van der Waals surface area (Å²) in [6.07, 6.45) is 0.415. The Morgan fingerprint density at radius 2 is 1.56 bits per heavy atom. The molecule has 0 unspecified atom stereocenters. The molecule has 3 aromatic rings. The van der Waals surface area contributed by atoms with Crippen molar-refractivity contribution in [3.8, 4) is 10.6 Å². The average Bonchev–Trinajstić information content (AvgIpc) is 3.04. The van der Waals surface area contributed by atoms with E-state index in [-0.39, 0.29) is 17.3 Å². The molecule has 0 amide bonds. The van der Waals surface area contributed by atoms with Crippen molar-refractivity contribution < 1.29 is 17.2 Å². The highest BCUT2D eigenvalue weighted by Crippen LogP contribution is 2.24. The zero-order valence-electron chi connectivity index (χ0n) is 12.9. The second kappa shape index (κ2) is 7.38. The zero-order chi connectivity index (χ0) is 17.9. The summed E-state index contributed by atoms with van der Waals surface area (Å²) in [5.41, 5.74) is 1.55. The van der Waals surface area contributed by atoms with Crippen molar-refractivity contribution >= 4 is 21.4 Å². The molecular weight excluding hydrogens is 366 g/mol. The minimum atomic E-state index is -3.68. The summed E-state index contributed by atoms with van der Waals surface area (Å²) in [5, 5.41) is 2.58. The summed E-state index contributed by atoms with van der Waals surface area (Å²) in [4.78, 5) is 4.44. The third kappa shape index (κ3) is 4.47. The largest absolute Gasteiger partial charge is 0.241 e. The molecule has 0 aliphatic heterocycles. The first kappa shape index (κ1) is 17.7. The van der Waals surface area contributed by atoms with Crippen LogP contribution in [0.4, 0.5) is 8.78 Å². The molecule has 0 spiro atoms. The van der Waals surface area contributed by atoms with Crippen LogP contribution in [0.25, 0.3) is 10.6 Å². The molecule has 0 fully saturated rings. The van der Waals surface area contributed by atoms with E-state index < -0.39 is 15.8 Å². The third-order valence-electron chi connectivity index (χ3n) is 3.44. The van der Waals surface area contributed by atoms with Gasteiger partial charge in [-0.25, -0.2) is 26.9 Å². The fourth-order valence-electron chi connectivity index (χ4n) is 2.16. The second-order valence-electron chi connectivity index (χ2n) is 5.25. The summed E-state index contributed by atoms with van der Waals surface area (Å²) in [6.45, 7) is 0.173. The van der Waals surface area contributed by atoms with Gasteiger partial charge in [0, 0.05) is 23.9 Å². The van der Waals surface area contributed by atoms with Crippen LogP contribution in [-0.2, 0) is 16.4 Å². The highest BCUT2D eigenvalue weighted by atomic mass is 32.2. The lowest BCUT2D eigenvalue weighted by molar-refractivity contribution is 0.580. The van der Waals surface area contributed by atoms with Gasteiger partial charge in [0.1, 0.15) is 16.6 Å². The summed E-state index contributed by atoms with van der Waals surface area (Å²) >= 11 is 1.41. The highest BCUT2D eigenvalue weighted by molar-refractivity contribution is 7.89. The number of benzene rings is 2. The zero-order valence-corrected chi connectivity index (χ0v) is 14.6. The molecule has 8 heteroatoms. The van der Waals surface area contributed by atoms with Gasteiger partial charge < -0.3 is 0 Å². The number of thiazole rings is 1. The summed E-state index contributed by atoms with van der Waals surface area (Å²) in [5.74, 6) is -0.800. The van der Waals surface area contributed by atoms with Gasteiger partial charge >= 0.3 is 0 Å². The Labute approximate surface area is 148 Å². The molecule has 4 nitrogen and oxygen atoms in total. The lowest BCUT2D eigenvalue weighted by atomic mass is 10.2. The van der Waals surface area contributed by atoms with Gasteiger partial charge in [-0.2, -0.15) is 0 Å². The van der Waals surface area contributed by atoms with Crippen LogP contribution in [0.3, 0.4) is 0 Å². The van der Waals surface area contributed by atoms with Crippen LogP contribution in [0, 0.1) is 11.6 Å². The Kier molecular flexibility index (Phi) is 5.22. The van der Waals surface area contributed by atoms with Crippen LogP contribution in [0.1, 0.15) is 5.69 Å². The van der Waals surface area contributed by atoms with E-state index in [9.17, 15) is 17.2 Å². The van der Waals surface area contributed by atoms with Crippen molar-refractivity contribution in [1.82, 2.24) is 9.71 Å². The summed E-state index contributed by atoms with van der Waals surface area (Å²) < 4.78 is 52.5. The molecule has 25 heavy (non-hydrogen) atoms. The van der Waals surface area contributed by atoms with Gasteiger partial charge in [-0.15, -0.1) is 11.3 Å². The van der Waals surface area contributed by atoms with Crippen molar-refractivity contribution in [2.24, 2.45) is 0 Å². The average molecular weight is 380 g/mol. The molecule has 0 radical (unpaired) electrons. The SMILES string of the molecule is O=S(=O)(NCCc1csc(-c2ccc(F)cc2)n1)c1ccc(F)cc1. The normalized spacial score (nSPS) is 11.6. The van der Waals surface area contributed by atoms with Crippen LogP contribution >= 0.6 is 11.3 Å². The van der Waals surface area contributed by atoms with Crippen LogP contribution < -0.4 is 4.72 Å². The summed E-state index contributed by atoms with van der Waals surface area (Å²) in [7, 11) is -3.68. The van der Waals surface area contributed by atoms with Crippen molar-refractivity contribution in [2.75, 3.05) is 6.54 Å². The first-order valence-corrected chi connectivity index (χ1v) is 9.76. The van der Waals surface area contributed by atoms with E-state index >= 15 is 0 Å². The number of sulfonamides is 1. The number of nitrogens with zero attached hydrogens (tertiary/aromatic N) is 1. The van der Waals surface area contributed by atoms with Crippen molar-refractivity contribution in [3.05, 3.63) is 71.2 Å². The Morgan fingerprint density at radius 3 is 2.20 bits per heavy atom. The quantitative estimate of drug-likeness (QED) is 0.711. The van der Waals surface area contributed by atoms with Gasteiger partial charge in [0.25, 0.3) is 0 Å². The molecule has 3 rings (SSSR count). The second-order valence-corrected chi connectivity index (χ2v) is 7.88. The van der Waals surface area contributed by atoms with Crippen LogP contribution in [0.2, 0.25) is 0 Å². The highest BCUT2D eigenvalue weighted by Gasteiger charge is 2.13. The van der Waals surface area contributed by atoms with E-state index in [2.05, 4.69) is 9.71 Å². The molecule has 0 aliphatic carbocycles. The maximum atomic E-state index is 12.9. The van der Waals surface area contributed by atoms with Crippen molar-refractivity contribution in [2.45, 2.75) is 11.3 Å². The maximum Gasteiger partial charge on any atom is 0.240 e. The standard InChI is InChI=1S/C17H14F2N2O2S2/c18-13-3-1-12(2-4-13)17-21-15(11-24-17)9-10-20-25(22,23)16-7-5-14(19)6-8-16/h1-8,11,20H,9-10H2. The maximum absolute atomic E-state index is 12.9. The monoisotopic (exact) mass is 380 g/mol. The molecule has 1 aromatic heterocycles. The molecule has 0 atom stereocenters. The summed E-state index contributed by atoms with van der Waals surface area (Å²) in [6, 6.07) is 10.7. The topological polar surface area (TPSA) is 59.1 Å². The molecule has 2 aromatic carbocycles. The molecule has 130 valence electrons. The fourth-order valence-corrected chi connectivity index (χ4v) is 4.05. The van der Waals surface area contributed by atoms with E-state index in [1.165, 1.54) is 35.6 Å². The van der Waals surface area contributed by atoms with E-state index in [1.807, 2.05) is 5.38 Å². The first-order chi connectivity index (χ1) is 11.9. The first-order valence-electron chi connectivity index (χ1n) is 7.40. The van der Waals surface area contributed by atoms with Gasteiger partial charge in [-0.05, 0) is 48.5 Å². The molecular formula is C17H14F2N2O2S2. The number of halogens is 2. The third-order valence-corrected chi connectivity index (χ3v) is 5.86. The Bertz CT molecular complexity index is 953. The van der Waals surface area contributed by atoms with Gasteiger partial charge in [-0.3, -0.25) is 0 Å². The molecule has 0 saturated heterocycles. The fraction of sp³-hybridized carbons (Fsp3) is 0.118. The van der Waals surface area contributed by atoms with E-state index in [0.29, 0.717) is 6.42 Å². The smallest absolute Gasteiger partial charge is 0.240 e. The van der Waals surface area contributed by atoms with Gasteiger partial charge in [0.15, 0.2) is 0 Å². The predicted molar refractivity (Wildman–Crippen MR) is 92.8 cm³/mol. The number of hydrogen-bond donors (Lipinski definition) is 1. The lowest BCUT2D eigenvalue weighted by Crippen LogP contribution is -2.26.